The lowest BCUT2D eigenvalue weighted by molar-refractivity contribution is -0.123. The van der Waals surface area contributed by atoms with E-state index in [9.17, 15) is 14.0 Å². The van der Waals surface area contributed by atoms with Crippen LogP contribution in [0.15, 0.2) is 67.0 Å². The number of carbonyl (C=O) groups excluding carboxylic acids is 2. The third-order valence-corrected chi connectivity index (χ3v) is 5.03. The summed E-state index contributed by atoms with van der Waals surface area (Å²) in [6.45, 7) is 4.05. The van der Waals surface area contributed by atoms with Gasteiger partial charge in [-0.05, 0) is 41.8 Å². The Balaban J connectivity index is 1.38. The molecule has 3 N–H and O–H groups in total. The molecule has 0 unspecified atom stereocenters. The molecule has 33 heavy (non-hydrogen) atoms. The number of aromatic nitrogens is 2. The lowest BCUT2D eigenvalue weighted by Gasteiger charge is -2.13. The lowest BCUT2D eigenvalue weighted by atomic mass is 10.0. The van der Waals surface area contributed by atoms with Gasteiger partial charge in [-0.2, -0.15) is 0 Å². The molecule has 7 nitrogen and oxygen atoms in total. The molecule has 168 valence electrons. The highest BCUT2D eigenvalue weighted by molar-refractivity contribution is 6.08. The fraction of sp³-hybridized carbons (Fsp3) is 0.160. The van der Waals surface area contributed by atoms with E-state index in [2.05, 4.69) is 20.6 Å². The molecule has 2 heterocycles. The van der Waals surface area contributed by atoms with Crippen LogP contribution in [0.2, 0.25) is 0 Å². The number of pyridine rings is 1. The predicted molar refractivity (Wildman–Crippen MR) is 125 cm³/mol. The van der Waals surface area contributed by atoms with Gasteiger partial charge in [0.05, 0.1) is 5.39 Å². The standard InChI is InChI=1S/C25H23FN4O3/c1-15(2)17-5-3-4-6-20(17)30-24(32)14-23(31)29-16-7-8-22(19(26)13-16)33-21-10-12-28-25-18(21)9-11-27-25/h3-13,15H,14H2,1-2H3,(H,27,28)(H,29,31)(H,30,32). The number of hydrogen-bond donors (Lipinski definition) is 3. The van der Waals surface area contributed by atoms with E-state index in [1.807, 2.05) is 32.0 Å². The topological polar surface area (TPSA) is 96.1 Å². The van der Waals surface area contributed by atoms with Crippen molar-refractivity contribution in [2.75, 3.05) is 10.6 Å². The average molecular weight is 446 g/mol. The molecule has 0 aliphatic carbocycles. The molecule has 4 rings (SSSR count). The maximum absolute atomic E-state index is 14.6. The summed E-state index contributed by atoms with van der Waals surface area (Å²) in [7, 11) is 0. The summed E-state index contributed by atoms with van der Waals surface area (Å²) >= 11 is 0. The highest BCUT2D eigenvalue weighted by Gasteiger charge is 2.15. The zero-order chi connectivity index (χ0) is 23.4. The molecule has 0 saturated heterocycles. The summed E-state index contributed by atoms with van der Waals surface area (Å²) in [6.07, 6.45) is 2.89. The van der Waals surface area contributed by atoms with E-state index in [1.54, 1.807) is 30.6 Å². The Bertz CT molecular complexity index is 1320. The molecule has 0 radical (unpaired) electrons. The van der Waals surface area contributed by atoms with Crippen molar-refractivity contribution >= 4 is 34.2 Å². The molecule has 8 heteroatoms. The number of nitrogens with one attached hydrogen (secondary N) is 3. The average Bonchev–Trinajstić information content (AvgIpc) is 3.25. The Labute approximate surface area is 190 Å². The molecule has 2 amide bonds. The van der Waals surface area contributed by atoms with Crippen LogP contribution in [0.3, 0.4) is 0 Å². The maximum Gasteiger partial charge on any atom is 0.233 e. The van der Waals surface area contributed by atoms with Crippen molar-refractivity contribution in [1.29, 1.82) is 0 Å². The van der Waals surface area contributed by atoms with Crippen molar-refractivity contribution in [2.24, 2.45) is 0 Å². The number of carbonyl (C=O) groups is 2. The minimum atomic E-state index is -0.649. The number of hydrogen-bond acceptors (Lipinski definition) is 4. The van der Waals surface area contributed by atoms with Crippen molar-refractivity contribution in [3.63, 3.8) is 0 Å². The van der Waals surface area contributed by atoms with E-state index in [0.717, 1.165) is 17.0 Å². The Hall–Kier alpha value is -4.20. The van der Waals surface area contributed by atoms with Crippen molar-refractivity contribution in [1.82, 2.24) is 9.97 Å². The van der Waals surface area contributed by atoms with Crippen molar-refractivity contribution < 1.29 is 18.7 Å². The van der Waals surface area contributed by atoms with Crippen LogP contribution in [0.1, 0.15) is 31.7 Å². The first kappa shape index (κ1) is 22.0. The summed E-state index contributed by atoms with van der Waals surface area (Å²) in [5, 5.41) is 6.03. The number of aromatic amines is 1. The van der Waals surface area contributed by atoms with Crippen LogP contribution in [0.25, 0.3) is 11.0 Å². The summed E-state index contributed by atoms with van der Waals surface area (Å²) in [4.78, 5) is 31.8. The van der Waals surface area contributed by atoms with E-state index >= 15 is 0 Å². The molecule has 0 aliphatic rings. The Morgan fingerprint density at radius 3 is 2.61 bits per heavy atom. The van der Waals surface area contributed by atoms with Gasteiger partial charge in [0.15, 0.2) is 11.6 Å². The number of rotatable bonds is 7. The second-order valence-electron chi connectivity index (χ2n) is 7.81. The molecule has 0 aliphatic heterocycles. The summed E-state index contributed by atoms with van der Waals surface area (Å²) in [5.41, 5.74) is 2.51. The van der Waals surface area contributed by atoms with Gasteiger partial charge in [0, 0.05) is 29.8 Å². The molecule has 2 aromatic carbocycles. The second kappa shape index (κ2) is 9.52. The van der Waals surface area contributed by atoms with Crippen LogP contribution in [0.5, 0.6) is 11.5 Å². The van der Waals surface area contributed by atoms with Crippen LogP contribution in [-0.2, 0) is 9.59 Å². The number of benzene rings is 2. The molecule has 2 aromatic heterocycles. The minimum Gasteiger partial charge on any atom is -0.453 e. The number of amides is 2. The fourth-order valence-electron chi connectivity index (χ4n) is 3.46. The Morgan fingerprint density at radius 2 is 1.82 bits per heavy atom. The zero-order valence-electron chi connectivity index (χ0n) is 18.2. The summed E-state index contributed by atoms with van der Waals surface area (Å²) < 4.78 is 20.3. The molecule has 0 saturated carbocycles. The highest BCUT2D eigenvalue weighted by atomic mass is 19.1. The molecule has 0 spiro atoms. The number of nitrogens with zero attached hydrogens (tertiary/aromatic N) is 1. The molecular formula is C25H23FN4O3. The third kappa shape index (κ3) is 5.17. The predicted octanol–water partition coefficient (Wildman–Crippen LogP) is 5.59. The number of halogens is 1. The van der Waals surface area contributed by atoms with Crippen LogP contribution >= 0.6 is 0 Å². The first-order valence-electron chi connectivity index (χ1n) is 10.5. The van der Waals surface area contributed by atoms with E-state index < -0.39 is 24.1 Å². The van der Waals surface area contributed by atoms with Crippen molar-refractivity contribution in [3.05, 3.63) is 78.4 Å². The van der Waals surface area contributed by atoms with Crippen molar-refractivity contribution in [2.45, 2.75) is 26.2 Å². The fourth-order valence-corrected chi connectivity index (χ4v) is 3.46. The van der Waals surface area contributed by atoms with E-state index in [4.69, 9.17) is 4.74 Å². The number of para-hydroxylation sites is 1. The molecule has 0 bridgehead atoms. The van der Waals surface area contributed by atoms with E-state index in [0.29, 0.717) is 17.1 Å². The Kier molecular flexibility index (Phi) is 6.35. The van der Waals surface area contributed by atoms with Crippen LogP contribution in [-0.4, -0.2) is 21.8 Å². The van der Waals surface area contributed by atoms with Crippen molar-refractivity contribution in [3.8, 4) is 11.5 Å². The van der Waals surface area contributed by atoms with Gasteiger partial charge < -0.3 is 20.4 Å². The van der Waals surface area contributed by atoms with E-state index in [1.165, 1.54) is 12.1 Å². The first-order chi connectivity index (χ1) is 15.9. The first-order valence-corrected chi connectivity index (χ1v) is 10.5. The van der Waals surface area contributed by atoms with Gasteiger partial charge >= 0.3 is 0 Å². The molecule has 0 atom stereocenters. The van der Waals surface area contributed by atoms with Gasteiger partial charge in [-0.3, -0.25) is 9.59 Å². The Morgan fingerprint density at radius 1 is 1.03 bits per heavy atom. The van der Waals surface area contributed by atoms with Gasteiger partial charge in [0.2, 0.25) is 11.8 Å². The molecule has 0 fully saturated rings. The molecule has 4 aromatic rings. The van der Waals surface area contributed by atoms with Gasteiger partial charge in [-0.1, -0.05) is 32.0 Å². The van der Waals surface area contributed by atoms with Crippen LogP contribution in [0, 0.1) is 5.82 Å². The third-order valence-electron chi connectivity index (χ3n) is 5.03. The monoisotopic (exact) mass is 446 g/mol. The summed E-state index contributed by atoms with van der Waals surface area (Å²) in [6, 6.07) is 14.9. The quantitative estimate of drug-likeness (QED) is 0.323. The minimum absolute atomic E-state index is 0.00438. The SMILES string of the molecule is CC(C)c1ccccc1NC(=O)CC(=O)Nc1ccc(Oc2ccnc3[nH]ccc23)c(F)c1. The smallest absolute Gasteiger partial charge is 0.233 e. The second-order valence-corrected chi connectivity index (χ2v) is 7.81. The summed E-state index contributed by atoms with van der Waals surface area (Å²) in [5.74, 6) is -0.969. The number of fused-ring (bicyclic) bond motifs is 1. The van der Waals surface area contributed by atoms with Gasteiger partial charge in [0.1, 0.15) is 17.8 Å². The van der Waals surface area contributed by atoms with Gasteiger partial charge in [0.25, 0.3) is 0 Å². The van der Waals surface area contributed by atoms with E-state index in [-0.39, 0.29) is 17.4 Å². The number of ether oxygens (including phenoxy) is 1. The van der Waals surface area contributed by atoms with Crippen LogP contribution in [0.4, 0.5) is 15.8 Å². The van der Waals surface area contributed by atoms with Gasteiger partial charge in [-0.15, -0.1) is 0 Å². The van der Waals surface area contributed by atoms with Gasteiger partial charge in [-0.25, -0.2) is 9.37 Å². The maximum atomic E-state index is 14.6. The van der Waals surface area contributed by atoms with Crippen LogP contribution < -0.4 is 15.4 Å². The highest BCUT2D eigenvalue weighted by Crippen LogP contribution is 2.31. The molecular weight excluding hydrogens is 423 g/mol. The number of H-pyrrole nitrogens is 1. The normalized spacial score (nSPS) is 10.9. The lowest BCUT2D eigenvalue weighted by Crippen LogP contribution is -2.22. The zero-order valence-corrected chi connectivity index (χ0v) is 18.2. The number of anilines is 2. The largest absolute Gasteiger partial charge is 0.453 e.